The maximum absolute atomic E-state index is 9.60. The highest BCUT2D eigenvalue weighted by molar-refractivity contribution is 6.05. The summed E-state index contributed by atoms with van der Waals surface area (Å²) in [7, 11) is 0. The second-order valence-corrected chi connectivity index (χ2v) is 7.44. The van der Waals surface area contributed by atoms with E-state index in [1.54, 1.807) is 12.3 Å². The topological polar surface area (TPSA) is 71.1 Å². The van der Waals surface area contributed by atoms with E-state index in [4.69, 9.17) is 9.15 Å². The standard InChI is InChI=1S/C24H21N3O3/c1-15-7-8-16(2)27(15)24(26-28)17-9-12-23(25-14-17)29-18-10-11-22-20(13-18)19-5-3-4-6-21(19)30-22/h3-16,28H,1-2H3/b26-24-. The number of hydrogen-bond acceptors (Lipinski definition) is 5. The molecule has 5 rings (SSSR count). The van der Waals surface area contributed by atoms with Crippen molar-refractivity contribution in [3.05, 3.63) is 78.5 Å². The normalized spacial score (nSPS) is 19.1. The first-order valence-electron chi connectivity index (χ1n) is 9.88. The lowest BCUT2D eigenvalue weighted by Crippen LogP contribution is -2.40. The zero-order valence-corrected chi connectivity index (χ0v) is 16.7. The number of oxime groups is 1. The number of furan rings is 1. The fourth-order valence-electron chi connectivity index (χ4n) is 3.98. The van der Waals surface area contributed by atoms with Gasteiger partial charge in [-0.2, -0.15) is 0 Å². The molecular weight excluding hydrogens is 378 g/mol. The van der Waals surface area contributed by atoms with Crippen LogP contribution in [0, 0.1) is 0 Å². The van der Waals surface area contributed by atoms with Crippen LogP contribution in [-0.2, 0) is 0 Å². The van der Waals surface area contributed by atoms with Crippen LogP contribution in [0.15, 0.2) is 82.5 Å². The number of pyridine rings is 1. The quantitative estimate of drug-likeness (QED) is 0.161. The molecule has 4 aromatic rings. The van der Waals surface area contributed by atoms with Crippen molar-refractivity contribution in [3.63, 3.8) is 0 Å². The minimum Gasteiger partial charge on any atom is -0.456 e. The molecule has 0 radical (unpaired) electrons. The first kappa shape index (κ1) is 18.2. The average Bonchev–Trinajstić information content (AvgIpc) is 3.30. The monoisotopic (exact) mass is 399 g/mol. The number of rotatable bonds is 3. The molecule has 0 amide bonds. The summed E-state index contributed by atoms with van der Waals surface area (Å²) < 4.78 is 11.8. The number of nitrogens with zero attached hydrogens (tertiary/aromatic N) is 3. The molecule has 0 fully saturated rings. The molecule has 0 bridgehead atoms. The lowest BCUT2D eigenvalue weighted by molar-refractivity contribution is 0.289. The maximum atomic E-state index is 9.60. The fraction of sp³-hybridized carbons (Fsp3) is 0.167. The maximum Gasteiger partial charge on any atom is 0.219 e. The van der Waals surface area contributed by atoms with Gasteiger partial charge in [0, 0.05) is 40.7 Å². The van der Waals surface area contributed by atoms with Crippen molar-refractivity contribution in [3.8, 4) is 11.6 Å². The van der Waals surface area contributed by atoms with Crippen LogP contribution in [0.1, 0.15) is 19.4 Å². The van der Waals surface area contributed by atoms with Crippen molar-refractivity contribution in [2.45, 2.75) is 25.9 Å². The molecule has 0 saturated heterocycles. The van der Waals surface area contributed by atoms with E-state index >= 15 is 0 Å². The van der Waals surface area contributed by atoms with Gasteiger partial charge >= 0.3 is 0 Å². The molecule has 2 aromatic carbocycles. The summed E-state index contributed by atoms with van der Waals surface area (Å²) in [4.78, 5) is 6.45. The minimum atomic E-state index is 0.151. The van der Waals surface area contributed by atoms with Gasteiger partial charge in [0.25, 0.3) is 0 Å². The highest BCUT2D eigenvalue weighted by atomic mass is 16.5. The van der Waals surface area contributed by atoms with Crippen LogP contribution in [0.4, 0.5) is 0 Å². The van der Waals surface area contributed by atoms with Crippen LogP contribution in [-0.4, -0.2) is 33.0 Å². The van der Waals surface area contributed by atoms with E-state index in [2.05, 4.69) is 36.1 Å². The molecule has 6 heteroatoms. The van der Waals surface area contributed by atoms with Crippen LogP contribution >= 0.6 is 0 Å². The van der Waals surface area contributed by atoms with Gasteiger partial charge in [-0.1, -0.05) is 35.5 Å². The molecule has 150 valence electrons. The van der Waals surface area contributed by atoms with E-state index in [9.17, 15) is 5.21 Å². The second kappa shape index (κ2) is 7.22. The van der Waals surface area contributed by atoms with Gasteiger partial charge in [-0.05, 0) is 44.2 Å². The number of para-hydroxylation sites is 1. The first-order chi connectivity index (χ1) is 14.6. The molecule has 0 saturated carbocycles. The molecule has 2 aromatic heterocycles. The van der Waals surface area contributed by atoms with E-state index in [1.807, 2.05) is 53.4 Å². The van der Waals surface area contributed by atoms with Crippen molar-refractivity contribution in [2.75, 3.05) is 0 Å². The highest BCUT2D eigenvalue weighted by Gasteiger charge is 2.27. The Bertz CT molecular complexity index is 1260. The van der Waals surface area contributed by atoms with E-state index in [1.165, 1.54) is 0 Å². The van der Waals surface area contributed by atoms with Gasteiger partial charge in [0.05, 0.1) is 0 Å². The van der Waals surface area contributed by atoms with Crippen LogP contribution in [0.5, 0.6) is 11.6 Å². The lowest BCUT2D eigenvalue weighted by atomic mass is 10.1. The Kier molecular flexibility index (Phi) is 4.39. The van der Waals surface area contributed by atoms with Crippen molar-refractivity contribution in [2.24, 2.45) is 5.16 Å². The van der Waals surface area contributed by atoms with Crippen LogP contribution < -0.4 is 4.74 Å². The zero-order valence-electron chi connectivity index (χ0n) is 16.7. The lowest BCUT2D eigenvalue weighted by Gasteiger charge is -2.28. The van der Waals surface area contributed by atoms with E-state index in [0.717, 1.165) is 27.5 Å². The number of hydrogen-bond donors (Lipinski definition) is 1. The van der Waals surface area contributed by atoms with Gasteiger partial charge in [0.1, 0.15) is 16.9 Å². The molecule has 2 unspecified atom stereocenters. The number of aromatic nitrogens is 1. The molecule has 0 spiro atoms. The largest absolute Gasteiger partial charge is 0.456 e. The summed E-state index contributed by atoms with van der Waals surface area (Å²) in [5.41, 5.74) is 2.39. The third kappa shape index (κ3) is 3.06. The molecule has 30 heavy (non-hydrogen) atoms. The Hall–Kier alpha value is -3.80. The molecule has 1 aliphatic heterocycles. The van der Waals surface area contributed by atoms with Gasteiger partial charge < -0.3 is 19.3 Å². The first-order valence-corrected chi connectivity index (χ1v) is 9.88. The molecular formula is C24H21N3O3. The Morgan fingerprint density at radius 3 is 2.50 bits per heavy atom. The van der Waals surface area contributed by atoms with E-state index < -0.39 is 0 Å². The second-order valence-electron chi connectivity index (χ2n) is 7.44. The predicted molar refractivity (Wildman–Crippen MR) is 116 cm³/mol. The van der Waals surface area contributed by atoms with Gasteiger partial charge in [0.2, 0.25) is 5.88 Å². The number of ether oxygens (including phenoxy) is 1. The molecule has 6 nitrogen and oxygen atoms in total. The summed E-state index contributed by atoms with van der Waals surface area (Å²) in [6.45, 7) is 4.12. The van der Waals surface area contributed by atoms with Crippen LogP contribution in [0.2, 0.25) is 0 Å². The summed E-state index contributed by atoms with van der Waals surface area (Å²) in [6, 6.07) is 17.6. The van der Waals surface area contributed by atoms with Crippen LogP contribution in [0.25, 0.3) is 21.9 Å². The Morgan fingerprint density at radius 2 is 1.77 bits per heavy atom. The molecule has 0 aliphatic carbocycles. The van der Waals surface area contributed by atoms with Crippen molar-refractivity contribution >= 4 is 27.8 Å². The van der Waals surface area contributed by atoms with Gasteiger partial charge in [-0.3, -0.25) is 0 Å². The molecule has 2 atom stereocenters. The Balaban J connectivity index is 1.40. The summed E-state index contributed by atoms with van der Waals surface area (Å²) in [5, 5.41) is 15.2. The third-order valence-corrected chi connectivity index (χ3v) is 5.45. The fourth-order valence-corrected chi connectivity index (χ4v) is 3.98. The van der Waals surface area contributed by atoms with Crippen molar-refractivity contribution in [1.29, 1.82) is 0 Å². The Morgan fingerprint density at radius 1 is 1.00 bits per heavy atom. The van der Waals surface area contributed by atoms with Gasteiger partial charge in [0.15, 0.2) is 5.84 Å². The summed E-state index contributed by atoms with van der Waals surface area (Å²) in [5.74, 6) is 1.63. The van der Waals surface area contributed by atoms with Crippen molar-refractivity contribution in [1.82, 2.24) is 9.88 Å². The zero-order chi connectivity index (χ0) is 20.7. The van der Waals surface area contributed by atoms with E-state index in [-0.39, 0.29) is 12.1 Å². The number of benzene rings is 2. The average molecular weight is 399 g/mol. The summed E-state index contributed by atoms with van der Waals surface area (Å²) >= 11 is 0. The SMILES string of the molecule is CC1C=CC(C)N1/C(=N\O)c1ccc(Oc2ccc3oc4ccccc4c3c2)nc1. The number of fused-ring (bicyclic) bond motifs is 3. The minimum absolute atomic E-state index is 0.151. The van der Waals surface area contributed by atoms with Crippen molar-refractivity contribution < 1.29 is 14.4 Å². The molecule has 3 heterocycles. The predicted octanol–water partition coefficient (Wildman–Crippen LogP) is 5.56. The van der Waals surface area contributed by atoms with Crippen LogP contribution in [0.3, 0.4) is 0 Å². The smallest absolute Gasteiger partial charge is 0.219 e. The van der Waals surface area contributed by atoms with Gasteiger partial charge in [-0.25, -0.2) is 4.98 Å². The summed E-state index contributed by atoms with van der Waals surface area (Å²) in [6.07, 6.45) is 5.85. The van der Waals surface area contributed by atoms with E-state index in [0.29, 0.717) is 17.5 Å². The highest BCUT2D eigenvalue weighted by Crippen LogP contribution is 2.32. The Labute approximate surface area is 173 Å². The number of amidine groups is 1. The third-order valence-electron chi connectivity index (χ3n) is 5.45. The molecule has 1 N–H and O–H groups in total. The molecule has 1 aliphatic rings. The van der Waals surface area contributed by atoms with Gasteiger partial charge in [-0.15, -0.1) is 0 Å².